The number of amides is 4. The number of carbonyl (C=O) groups excluding carboxylic acids is 5. The Morgan fingerprint density at radius 3 is 2.21 bits per heavy atom. The van der Waals surface area contributed by atoms with E-state index in [1.54, 1.807) is 45.0 Å². The molecule has 0 fully saturated rings. The Bertz CT molecular complexity index is 1320. The average molecular weight is 690 g/mol. The Morgan fingerprint density at radius 2 is 1.74 bits per heavy atom. The van der Waals surface area contributed by atoms with Crippen molar-refractivity contribution < 1.29 is 66.5 Å². The fraction of sp³-hybridized carbons (Fsp3) is 0.379. The van der Waals surface area contributed by atoms with Gasteiger partial charge in [0, 0.05) is 55.2 Å². The first-order chi connectivity index (χ1) is 19.6. The number of thiazole rings is 1. The molecule has 231 valence electrons. The molecule has 0 saturated heterocycles. The molecule has 0 spiro atoms. The molecule has 1 aromatic carbocycles. The first kappa shape index (κ1) is 39.7. The second-order valence-electron chi connectivity index (χ2n) is 10.0. The molecule has 1 heterocycles. The van der Waals surface area contributed by atoms with Crippen LogP contribution >= 0.6 is 11.3 Å². The summed E-state index contributed by atoms with van der Waals surface area (Å²) in [6, 6.07) is 6.85. The molecular weight excluding hydrogens is 651 g/mol. The molecule has 12 nitrogen and oxygen atoms in total. The molecule has 4 amide bonds. The second kappa shape index (κ2) is 19.1. The molecule has 0 unspecified atom stereocenters. The number of hydrogen-bond acceptors (Lipinski definition) is 9. The largest absolute Gasteiger partial charge is 0.668 e. The van der Waals surface area contributed by atoms with Crippen molar-refractivity contribution in [2.45, 2.75) is 47.5 Å². The van der Waals surface area contributed by atoms with Crippen molar-refractivity contribution in [2.75, 3.05) is 19.0 Å². The van der Waals surface area contributed by atoms with Gasteiger partial charge in [-0.3, -0.25) is 14.4 Å². The number of benzene rings is 1. The number of anilines is 1. The maximum atomic E-state index is 12.5. The van der Waals surface area contributed by atoms with Gasteiger partial charge in [-0.25, -0.2) is 9.78 Å². The topological polar surface area (TPSA) is 188 Å². The zero-order valence-electron chi connectivity index (χ0n) is 25.2. The van der Waals surface area contributed by atoms with Crippen LogP contribution in [0.2, 0.25) is 0 Å². The molecule has 2 aromatic rings. The Labute approximate surface area is 280 Å². The quantitative estimate of drug-likeness (QED) is 0.189. The van der Waals surface area contributed by atoms with Gasteiger partial charge in [0.05, 0.1) is 24.8 Å². The molecule has 0 aliphatic heterocycles. The SMILES string of the molecule is C=C(NC(=O)c1csc(-c2ccc(NC(=O)C(C)(C)CO)cc2)n1)C(=O)N/C(=C\C)C(=O)OC.CC(C)CCC([NH-])=O.[Y]. The zero-order valence-corrected chi connectivity index (χ0v) is 28.9. The Hall–Kier alpha value is -3.26. The van der Waals surface area contributed by atoms with Crippen LogP contribution < -0.4 is 16.0 Å². The number of hydrogen-bond donors (Lipinski definition) is 4. The summed E-state index contributed by atoms with van der Waals surface area (Å²) < 4.78 is 4.55. The van der Waals surface area contributed by atoms with Gasteiger partial charge in [-0.2, -0.15) is 0 Å². The van der Waals surface area contributed by atoms with Gasteiger partial charge in [0.15, 0.2) is 0 Å². The Balaban J connectivity index is 0.00000172. The molecule has 0 atom stereocenters. The summed E-state index contributed by atoms with van der Waals surface area (Å²) in [7, 11) is 1.18. The molecule has 0 bridgehead atoms. The molecule has 2 rings (SSSR count). The van der Waals surface area contributed by atoms with Crippen LogP contribution in [-0.2, 0) is 56.6 Å². The molecule has 43 heavy (non-hydrogen) atoms. The molecule has 0 aliphatic rings. The first-order valence-electron chi connectivity index (χ1n) is 12.9. The van der Waals surface area contributed by atoms with Gasteiger partial charge in [0.2, 0.25) is 5.91 Å². The van der Waals surface area contributed by atoms with Gasteiger partial charge in [-0.1, -0.05) is 26.5 Å². The maximum absolute atomic E-state index is 12.5. The normalized spacial score (nSPS) is 10.8. The van der Waals surface area contributed by atoms with Crippen molar-refractivity contribution in [1.82, 2.24) is 15.6 Å². The number of rotatable bonds is 12. The maximum Gasteiger partial charge on any atom is 0.354 e. The predicted molar refractivity (Wildman–Crippen MR) is 161 cm³/mol. The van der Waals surface area contributed by atoms with Gasteiger partial charge >= 0.3 is 5.97 Å². The van der Waals surface area contributed by atoms with E-state index in [1.807, 2.05) is 13.8 Å². The average Bonchev–Trinajstić information content (AvgIpc) is 3.45. The smallest absolute Gasteiger partial charge is 0.354 e. The molecule has 1 aromatic heterocycles. The van der Waals surface area contributed by atoms with Crippen molar-refractivity contribution in [1.29, 1.82) is 0 Å². The number of aromatic nitrogens is 1. The summed E-state index contributed by atoms with van der Waals surface area (Å²) >= 11 is 1.22. The van der Waals surface area contributed by atoms with Gasteiger partial charge in [0.25, 0.3) is 11.8 Å². The van der Waals surface area contributed by atoms with E-state index >= 15 is 0 Å². The summed E-state index contributed by atoms with van der Waals surface area (Å²) in [6.45, 7) is 12.1. The molecule has 14 heteroatoms. The van der Waals surface area contributed by atoms with Crippen molar-refractivity contribution >= 4 is 46.6 Å². The van der Waals surface area contributed by atoms with Crippen molar-refractivity contribution in [3.05, 3.63) is 65.1 Å². The van der Waals surface area contributed by atoms with Crippen LogP contribution in [0.3, 0.4) is 0 Å². The third-order valence-electron chi connectivity index (χ3n) is 5.57. The minimum atomic E-state index is -0.912. The van der Waals surface area contributed by atoms with E-state index in [9.17, 15) is 29.1 Å². The Kier molecular flexibility index (Phi) is 17.7. The summed E-state index contributed by atoms with van der Waals surface area (Å²) in [5, 5.41) is 18.8. The Morgan fingerprint density at radius 1 is 1.14 bits per heavy atom. The fourth-order valence-corrected chi connectivity index (χ4v) is 3.61. The fourth-order valence-electron chi connectivity index (χ4n) is 2.81. The van der Waals surface area contributed by atoms with E-state index < -0.39 is 29.1 Å². The van der Waals surface area contributed by atoms with Crippen molar-refractivity contribution in [3.8, 4) is 10.6 Å². The minimum absolute atomic E-state index is 0. The number of esters is 1. The third-order valence-corrected chi connectivity index (χ3v) is 6.46. The van der Waals surface area contributed by atoms with E-state index in [4.69, 9.17) is 5.73 Å². The second-order valence-corrected chi connectivity index (χ2v) is 10.9. The number of allylic oxidation sites excluding steroid dienone is 1. The summed E-state index contributed by atoms with van der Waals surface area (Å²) in [5.74, 6) is -2.36. The monoisotopic (exact) mass is 689 g/mol. The number of methoxy groups -OCH3 is 1. The van der Waals surface area contributed by atoms with Gasteiger partial charge < -0.3 is 36.3 Å². The van der Waals surface area contributed by atoms with Crippen molar-refractivity contribution in [3.63, 3.8) is 0 Å². The summed E-state index contributed by atoms with van der Waals surface area (Å²) in [6.07, 6.45) is 2.62. The van der Waals surface area contributed by atoms with Crippen LogP contribution in [0.1, 0.15) is 57.9 Å². The standard InChI is InChI=1S/C23H26N4O6S.C6H13NO.Y/c1-6-16(21(31)33-5)26-18(29)13(2)24-19(30)17-11-34-20(27-17)14-7-9-15(10-8-14)25-22(32)23(3,4)12-28;1-5(2)3-4-6(7)8;/h6-11,28H,2,12H2,1,3-5H3,(H,24,30)(H,25,32)(H,26,29);5H,3-4H2,1-2H3,(H2,7,8);/p-1/b16-6-;;. The van der Waals surface area contributed by atoms with Crippen LogP contribution in [-0.4, -0.2) is 53.4 Å². The summed E-state index contributed by atoms with van der Waals surface area (Å²) in [4.78, 5) is 62.7. The molecule has 0 saturated carbocycles. The number of ether oxygens (including phenoxy) is 1. The van der Waals surface area contributed by atoms with E-state index in [-0.39, 0.29) is 62.3 Å². The number of nitrogens with zero attached hydrogens (tertiary/aromatic N) is 1. The number of carbonyl (C=O) groups is 5. The van der Waals surface area contributed by atoms with E-state index in [2.05, 4.69) is 32.3 Å². The number of nitrogens with one attached hydrogen (secondary N) is 4. The number of aliphatic hydroxyl groups excluding tert-OH is 1. The van der Waals surface area contributed by atoms with E-state index in [0.29, 0.717) is 23.0 Å². The molecule has 5 N–H and O–H groups in total. The van der Waals surface area contributed by atoms with Crippen LogP contribution in [0, 0.1) is 11.3 Å². The third kappa shape index (κ3) is 13.7. The van der Waals surface area contributed by atoms with E-state index in [0.717, 1.165) is 12.0 Å². The predicted octanol–water partition coefficient (Wildman–Crippen LogP) is 4.20. The van der Waals surface area contributed by atoms with Crippen LogP contribution in [0.25, 0.3) is 16.3 Å². The molecular formula is C29H38N5O7SY-. The van der Waals surface area contributed by atoms with Gasteiger partial charge in [0.1, 0.15) is 16.4 Å². The molecule has 1 radical (unpaired) electrons. The van der Waals surface area contributed by atoms with Crippen LogP contribution in [0.4, 0.5) is 5.69 Å². The van der Waals surface area contributed by atoms with Crippen molar-refractivity contribution in [2.24, 2.45) is 11.3 Å². The van der Waals surface area contributed by atoms with Crippen LogP contribution in [0.15, 0.2) is 53.7 Å². The summed E-state index contributed by atoms with van der Waals surface area (Å²) in [5.41, 5.74) is 6.62. The van der Waals surface area contributed by atoms with Gasteiger partial charge in [-0.05, 0) is 63.8 Å². The van der Waals surface area contributed by atoms with Crippen LogP contribution in [0.5, 0.6) is 0 Å². The first-order valence-corrected chi connectivity index (χ1v) is 13.8. The minimum Gasteiger partial charge on any atom is -0.668 e. The zero-order chi connectivity index (χ0) is 32.0. The molecule has 0 aliphatic carbocycles. The van der Waals surface area contributed by atoms with Gasteiger partial charge in [-0.15, -0.1) is 11.3 Å². The number of aliphatic hydroxyl groups is 1. The van der Waals surface area contributed by atoms with E-state index in [1.165, 1.54) is 29.9 Å².